The third-order valence-corrected chi connectivity index (χ3v) is 4.93. The quantitative estimate of drug-likeness (QED) is 0.393. The summed E-state index contributed by atoms with van der Waals surface area (Å²) in [5.74, 6) is 0. The zero-order valence-electron chi connectivity index (χ0n) is 8.44. The molecule has 2 heteroatoms. The summed E-state index contributed by atoms with van der Waals surface area (Å²) < 4.78 is 2.84. The molecule has 2 heterocycles. The van der Waals surface area contributed by atoms with E-state index in [0.29, 0.717) is 0 Å². The standard InChI is InChI=1S/C14H8S2/c1-2-4-10-9(3-1)13-11(5-7-15-13)12-6-8-16-14(10)12/h1-8H. The van der Waals surface area contributed by atoms with Crippen molar-refractivity contribution in [2.75, 3.05) is 0 Å². The number of thiophene rings is 2. The van der Waals surface area contributed by atoms with E-state index in [4.69, 9.17) is 0 Å². The van der Waals surface area contributed by atoms with E-state index in [1.807, 2.05) is 22.7 Å². The molecule has 0 unspecified atom stereocenters. The van der Waals surface area contributed by atoms with Crippen molar-refractivity contribution in [1.82, 2.24) is 0 Å². The molecule has 0 saturated heterocycles. The van der Waals surface area contributed by atoms with E-state index in [2.05, 4.69) is 47.2 Å². The topological polar surface area (TPSA) is 0 Å². The van der Waals surface area contributed by atoms with Crippen LogP contribution in [-0.2, 0) is 0 Å². The Kier molecular flexibility index (Phi) is 1.67. The summed E-state index contributed by atoms with van der Waals surface area (Å²) >= 11 is 3.68. The van der Waals surface area contributed by atoms with E-state index in [-0.39, 0.29) is 0 Å². The smallest absolute Gasteiger partial charge is 0.0428 e. The lowest BCUT2D eigenvalue weighted by Crippen LogP contribution is -1.73. The molecule has 2 aromatic carbocycles. The Hall–Kier alpha value is -1.38. The first kappa shape index (κ1) is 8.74. The fourth-order valence-corrected chi connectivity index (χ4v) is 4.24. The van der Waals surface area contributed by atoms with Gasteiger partial charge in [0.15, 0.2) is 0 Å². The number of rotatable bonds is 0. The van der Waals surface area contributed by atoms with Crippen LogP contribution in [0.1, 0.15) is 0 Å². The lowest BCUT2D eigenvalue weighted by molar-refractivity contribution is 1.86. The summed E-state index contributed by atoms with van der Waals surface area (Å²) in [6.07, 6.45) is 0. The van der Waals surface area contributed by atoms with E-state index in [9.17, 15) is 0 Å². The Morgan fingerprint density at radius 3 is 1.50 bits per heavy atom. The largest absolute Gasteiger partial charge is 0.143 e. The fourth-order valence-electron chi connectivity index (χ4n) is 2.34. The Morgan fingerprint density at radius 1 is 0.562 bits per heavy atom. The van der Waals surface area contributed by atoms with Crippen LogP contribution in [0.25, 0.3) is 30.9 Å². The summed E-state index contributed by atoms with van der Waals surface area (Å²) in [7, 11) is 0. The van der Waals surface area contributed by atoms with Gasteiger partial charge in [0.1, 0.15) is 0 Å². The molecular weight excluding hydrogens is 232 g/mol. The highest BCUT2D eigenvalue weighted by Gasteiger charge is 2.09. The van der Waals surface area contributed by atoms with Crippen molar-refractivity contribution in [2.45, 2.75) is 0 Å². The van der Waals surface area contributed by atoms with Crippen LogP contribution >= 0.6 is 22.7 Å². The molecule has 0 radical (unpaired) electrons. The Bertz CT molecular complexity index is 736. The van der Waals surface area contributed by atoms with Crippen molar-refractivity contribution in [2.24, 2.45) is 0 Å². The highest BCUT2D eigenvalue weighted by molar-refractivity contribution is 7.20. The minimum absolute atomic E-state index is 1.39. The van der Waals surface area contributed by atoms with Crippen molar-refractivity contribution in [3.63, 3.8) is 0 Å². The molecule has 0 amide bonds. The predicted molar refractivity (Wildman–Crippen MR) is 74.7 cm³/mol. The van der Waals surface area contributed by atoms with Gasteiger partial charge >= 0.3 is 0 Å². The van der Waals surface area contributed by atoms with Crippen molar-refractivity contribution in [1.29, 1.82) is 0 Å². The van der Waals surface area contributed by atoms with Crippen molar-refractivity contribution in [3.05, 3.63) is 47.2 Å². The molecule has 76 valence electrons. The fraction of sp³-hybridized carbons (Fsp3) is 0. The van der Waals surface area contributed by atoms with E-state index in [0.717, 1.165) is 0 Å². The van der Waals surface area contributed by atoms with Crippen LogP contribution in [0.3, 0.4) is 0 Å². The summed E-state index contributed by atoms with van der Waals surface area (Å²) in [6, 6.07) is 13.2. The van der Waals surface area contributed by atoms with Crippen molar-refractivity contribution < 1.29 is 0 Å². The SMILES string of the molecule is c1ccc2c(c1)c1sccc1c1ccsc21. The first-order chi connectivity index (χ1) is 7.95. The van der Waals surface area contributed by atoms with Gasteiger partial charge in [-0.2, -0.15) is 0 Å². The molecule has 0 atom stereocenters. The van der Waals surface area contributed by atoms with Gasteiger partial charge in [-0.15, -0.1) is 22.7 Å². The number of benzene rings is 2. The summed E-state index contributed by atoms with van der Waals surface area (Å²) in [6.45, 7) is 0. The minimum Gasteiger partial charge on any atom is -0.143 e. The molecule has 2 aromatic heterocycles. The third kappa shape index (κ3) is 0.984. The van der Waals surface area contributed by atoms with Gasteiger partial charge in [0.25, 0.3) is 0 Å². The summed E-state index contributed by atoms with van der Waals surface area (Å²) in [4.78, 5) is 0. The Labute approximate surface area is 101 Å². The van der Waals surface area contributed by atoms with Crippen LogP contribution in [0.5, 0.6) is 0 Å². The van der Waals surface area contributed by atoms with Gasteiger partial charge in [-0.1, -0.05) is 24.3 Å². The number of fused-ring (bicyclic) bond motifs is 6. The van der Waals surface area contributed by atoms with Crippen molar-refractivity contribution >= 4 is 53.6 Å². The molecule has 0 aliphatic rings. The summed E-state index contributed by atoms with van der Waals surface area (Å²) in [5.41, 5.74) is 0. The van der Waals surface area contributed by atoms with Crippen LogP contribution in [0, 0.1) is 0 Å². The molecular formula is C14H8S2. The van der Waals surface area contributed by atoms with Crippen molar-refractivity contribution in [3.8, 4) is 0 Å². The zero-order valence-corrected chi connectivity index (χ0v) is 10.1. The highest BCUT2D eigenvalue weighted by atomic mass is 32.1. The molecule has 0 aliphatic carbocycles. The van der Waals surface area contributed by atoms with Gasteiger partial charge in [-0.3, -0.25) is 0 Å². The van der Waals surface area contributed by atoms with E-state index >= 15 is 0 Å². The van der Waals surface area contributed by atoms with Gasteiger partial charge in [0.05, 0.1) is 0 Å². The zero-order chi connectivity index (χ0) is 10.5. The second-order valence-electron chi connectivity index (χ2n) is 3.87. The van der Waals surface area contributed by atoms with Crippen LogP contribution < -0.4 is 0 Å². The normalized spacial score (nSPS) is 11.8. The van der Waals surface area contributed by atoms with Crippen LogP contribution in [0.4, 0.5) is 0 Å². The average Bonchev–Trinajstić information content (AvgIpc) is 2.98. The lowest BCUT2D eigenvalue weighted by Gasteiger charge is -2.01. The van der Waals surface area contributed by atoms with Crippen LogP contribution in [0.2, 0.25) is 0 Å². The van der Waals surface area contributed by atoms with E-state index in [1.165, 1.54) is 30.9 Å². The molecule has 0 aliphatic heterocycles. The third-order valence-electron chi connectivity index (χ3n) is 3.04. The number of hydrogen-bond acceptors (Lipinski definition) is 2. The molecule has 0 nitrogen and oxygen atoms in total. The monoisotopic (exact) mass is 240 g/mol. The lowest BCUT2D eigenvalue weighted by atomic mass is 10.1. The molecule has 16 heavy (non-hydrogen) atoms. The maximum atomic E-state index is 2.24. The molecule has 0 fully saturated rings. The first-order valence-electron chi connectivity index (χ1n) is 5.20. The maximum Gasteiger partial charge on any atom is 0.0428 e. The van der Waals surface area contributed by atoms with Crippen LogP contribution in [0.15, 0.2) is 47.2 Å². The van der Waals surface area contributed by atoms with Gasteiger partial charge in [-0.05, 0) is 22.9 Å². The van der Waals surface area contributed by atoms with Gasteiger partial charge < -0.3 is 0 Å². The van der Waals surface area contributed by atoms with Gasteiger partial charge in [0.2, 0.25) is 0 Å². The van der Waals surface area contributed by atoms with E-state index < -0.39 is 0 Å². The molecule has 4 rings (SSSR count). The molecule has 0 spiro atoms. The molecule has 0 bridgehead atoms. The average molecular weight is 240 g/mol. The molecule has 0 N–H and O–H groups in total. The molecule has 4 aromatic rings. The van der Waals surface area contributed by atoms with Gasteiger partial charge in [-0.25, -0.2) is 0 Å². The maximum absolute atomic E-state index is 2.24. The highest BCUT2D eigenvalue weighted by Crippen LogP contribution is 2.39. The summed E-state index contributed by atoms with van der Waals surface area (Å²) in [5, 5.41) is 9.97. The minimum atomic E-state index is 1.39. The molecule has 0 saturated carbocycles. The number of hydrogen-bond donors (Lipinski definition) is 0. The van der Waals surface area contributed by atoms with Crippen LogP contribution in [-0.4, -0.2) is 0 Å². The predicted octanol–water partition coefficient (Wildman–Crippen LogP) is 5.27. The Morgan fingerprint density at radius 2 is 1.00 bits per heavy atom. The van der Waals surface area contributed by atoms with Gasteiger partial charge in [0, 0.05) is 30.9 Å². The van der Waals surface area contributed by atoms with E-state index in [1.54, 1.807) is 0 Å². The first-order valence-corrected chi connectivity index (χ1v) is 6.96. The Balaban J connectivity index is 2.51. The second-order valence-corrected chi connectivity index (χ2v) is 5.70. The second kappa shape index (κ2) is 3.06.